The smallest absolute Gasteiger partial charge is 0.191 e. The van der Waals surface area contributed by atoms with Crippen molar-refractivity contribution in [2.24, 2.45) is 4.99 Å². The minimum absolute atomic E-state index is 0.212. The second-order valence-corrected chi connectivity index (χ2v) is 5.43. The zero-order valence-electron chi connectivity index (χ0n) is 12.3. The first-order valence-electron chi connectivity index (χ1n) is 7.01. The van der Waals surface area contributed by atoms with E-state index >= 15 is 0 Å². The van der Waals surface area contributed by atoms with E-state index in [0.29, 0.717) is 6.54 Å². The van der Waals surface area contributed by atoms with Crippen LogP contribution in [0.15, 0.2) is 29.3 Å². The molecular formula is C15H24FN3S. The van der Waals surface area contributed by atoms with E-state index in [0.717, 1.165) is 31.0 Å². The third-order valence-electron chi connectivity index (χ3n) is 2.74. The molecule has 3 nitrogen and oxygen atoms in total. The molecule has 5 heteroatoms. The number of guanidine groups is 1. The van der Waals surface area contributed by atoms with Crippen LogP contribution in [0.25, 0.3) is 0 Å². The summed E-state index contributed by atoms with van der Waals surface area (Å²) in [5, 5.41) is 6.53. The third kappa shape index (κ3) is 7.38. The number of hydrogen-bond donors (Lipinski definition) is 2. The molecule has 0 saturated carbocycles. The number of nitrogens with one attached hydrogen (secondary N) is 2. The Kier molecular flexibility index (Phi) is 8.87. The van der Waals surface area contributed by atoms with Gasteiger partial charge in [0, 0.05) is 13.1 Å². The van der Waals surface area contributed by atoms with Gasteiger partial charge in [0.15, 0.2) is 5.96 Å². The topological polar surface area (TPSA) is 36.4 Å². The van der Waals surface area contributed by atoms with Gasteiger partial charge in [0.1, 0.15) is 5.82 Å². The van der Waals surface area contributed by atoms with Crippen molar-refractivity contribution in [1.82, 2.24) is 10.6 Å². The number of nitrogens with zero attached hydrogens (tertiary/aromatic N) is 1. The largest absolute Gasteiger partial charge is 0.357 e. The van der Waals surface area contributed by atoms with E-state index in [4.69, 9.17) is 0 Å². The number of rotatable bonds is 8. The Labute approximate surface area is 125 Å². The van der Waals surface area contributed by atoms with Crippen LogP contribution >= 0.6 is 11.8 Å². The summed E-state index contributed by atoms with van der Waals surface area (Å²) >= 11 is 1.88. The Morgan fingerprint density at radius 2 is 1.95 bits per heavy atom. The summed E-state index contributed by atoms with van der Waals surface area (Å²) in [6.45, 7) is 4.36. The molecule has 0 fully saturated rings. The summed E-state index contributed by atoms with van der Waals surface area (Å²) < 4.78 is 12.8. The number of halogens is 1. The Hall–Kier alpha value is -1.23. The molecule has 0 heterocycles. The van der Waals surface area contributed by atoms with Crippen molar-refractivity contribution in [2.45, 2.75) is 26.3 Å². The lowest BCUT2D eigenvalue weighted by molar-refractivity contribution is 0.627. The van der Waals surface area contributed by atoms with Crippen molar-refractivity contribution in [3.05, 3.63) is 35.6 Å². The number of aliphatic imine (C=N–C) groups is 1. The Bertz CT molecular complexity index is 393. The average Bonchev–Trinajstić information content (AvgIpc) is 2.46. The second-order valence-electron chi connectivity index (χ2n) is 4.45. The average molecular weight is 297 g/mol. The molecule has 0 spiro atoms. The van der Waals surface area contributed by atoms with Gasteiger partial charge in [-0.05, 0) is 49.5 Å². The van der Waals surface area contributed by atoms with Crippen molar-refractivity contribution in [2.75, 3.05) is 25.1 Å². The van der Waals surface area contributed by atoms with E-state index in [2.05, 4.69) is 21.9 Å². The summed E-state index contributed by atoms with van der Waals surface area (Å²) in [5.41, 5.74) is 1.01. The van der Waals surface area contributed by atoms with Gasteiger partial charge in [-0.3, -0.25) is 0 Å². The van der Waals surface area contributed by atoms with Crippen LogP contribution in [0.5, 0.6) is 0 Å². The highest BCUT2D eigenvalue weighted by Crippen LogP contribution is 2.04. The van der Waals surface area contributed by atoms with Gasteiger partial charge in [-0.2, -0.15) is 11.8 Å². The van der Waals surface area contributed by atoms with Gasteiger partial charge in [0.2, 0.25) is 0 Å². The fourth-order valence-corrected chi connectivity index (χ4v) is 2.17. The van der Waals surface area contributed by atoms with Crippen molar-refractivity contribution in [1.29, 1.82) is 0 Å². The van der Waals surface area contributed by atoms with E-state index in [1.807, 2.05) is 18.7 Å². The predicted octanol–water partition coefficient (Wildman–Crippen LogP) is 3.02. The zero-order chi connectivity index (χ0) is 14.6. The SMILES string of the molecule is CCNC(=NCc1ccc(F)cc1)NCCCCSC. The molecule has 20 heavy (non-hydrogen) atoms. The summed E-state index contributed by atoms with van der Waals surface area (Å²) in [7, 11) is 0. The van der Waals surface area contributed by atoms with Crippen molar-refractivity contribution in [3.63, 3.8) is 0 Å². The molecule has 1 aromatic carbocycles. The van der Waals surface area contributed by atoms with Crippen LogP contribution in [0.1, 0.15) is 25.3 Å². The molecule has 0 radical (unpaired) electrons. The zero-order valence-corrected chi connectivity index (χ0v) is 13.1. The first kappa shape index (κ1) is 16.8. The Balaban J connectivity index is 2.39. The van der Waals surface area contributed by atoms with Gasteiger partial charge in [-0.15, -0.1) is 0 Å². The summed E-state index contributed by atoms with van der Waals surface area (Å²) in [5.74, 6) is 1.81. The molecule has 0 amide bonds. The molecule has 0 bridgehead atoms. The quantitative estimate of drug-likeness (QED) is 0.440. The van der Waals surface area contributed by atoms with E-state index in [1.165, 1.54) is 24.3 Å². The van der Waals surface area contributed by atoms with Gasteiger partial charge in [0.25, 0.3) is 0 Å². The van der Waals surface area contributed by atoms with Crippen molar-refractivity contribution >= 4 is 17.7 Å². The molecule has 112 valence electrons. The molecular weight excluding hydrogens is 273 g/mol. The highest BCUT2D eigenvalue weighted by molar-refractivity contribution is 7.98. The van der Waals surface area contributed by atoms with E-state index in [9.17, 15) is 4.39 Å². The highest BCUT2D eigenvalue weighted by Gasteiger charge is 1.98. The maximum absolute atomic E-state index is 12.8. The molecule has 2 N–H and O–H groups in total. The lowest BCUT2D eigenvalue weighted by atomic mass is 10.2. The molecule has 1 aromatic rings. The monoisotopic (exact) mass is 297 g/mol. The van der Waals surface area contributed by atoms with Gasteiger partial charge in [-0.1, -0.05) is 12.1 Å². The molecule has 0 aliphatic heterocycles. The van der Waals surface area contributed by atoms with Crippen LogP contribution in [0.3, 0.4) is 0 Å². The fourth-order valence-electron chi connectivity index (χ4n) is 1.68. The van der Waals surface area contributed by atoms with Crippen molar-refractivity contribution in [3.8, 4) is 0 Å². The van der Waals surface area contributed by atoms with Crippen LogP contribution in [0.4, 0.5) is 4.39 Å². The lowest BCUT2D eigenvalue weighted by Gasteiger charge is -2.11. The van der Waals surface area contributed by atoms with Crippen LogP contribution in [0.2, 0.25) is 0 Å². The van der Waals surface area contributed by atoms with E-state index in [1.54, 1.807) is 12.1 Å². The Morgan fingerprint density at radius 1 is 1.20 bits per heavy atom. The first-order chi connectivity index (χ1) is 9.76. The highest BCUT2D eigenvalue weighted by atomic mass is 32.2. The van der Waals surface area contributed by atoms with E-state index in [-0.39, 0.29) is 5.82 Å². The molecule has 0 saturated heterocycles. The number of hydrogen-bond acceptors (Lipinski definition) is 2. The normalized spacial score (nSPS) is 11.4. The minimum Gasteiger partial charge on any atom is -0.357 e. The molecule has 0 atom stereocenters. The molecule has 0 aliphatic carbocycles. The first-order valence-corrected chi connectivity index (χ1v) is 8.41. The van der Waals surface area contributed by atoms with Crippen LogP contribution in [-0.2, 0) is 6.54 Å². The predicted molar refractivity (Wildman–Crippen MR) is 86.8 cm³/mol. The molecule has 1 rings (SSSR count). The van der Waals surface area contributed by atoms with Crippen molar-refractivity contribution < 1.29 is 4.39 Å². The van der Waals surface area contributed by atoms with Gasteiger partial charge >= 0.3 is 0 Å². The maximum atomic E-state index is 12.8. The maximum Gasteiger partial charge on any atom is 0.191 e. The third-order valence-corrected chi connectivity index (χ3v) is 3.44. The standard InChI is InChI=1S/C15H24FN3S/c1-3-17-15(18-10-4-5-11-20-2)19-12-13-6-8-14(16)9-7-13/h6-9H,3-5,10-12H2,1-2H3,(H2,17,18,19). The lowest BCUT2D eigenvalue weighted by Crippen LogP contribution is -2.37. The molecule has 0 aromatic heterocycles. The van der Waals surface area contributed by atoms with Crippen LogP contribution in [0, 0.1) is 5.82 Å². The molecule has 0 unspecified atom stereocenters. The summed E-state index contributed by atoms with van der Waals surface area (Å²) in [6.07, 6.45) is 4.48. The van der Waals surface area contributed by atoms with Gasteiger partial charge < -0.3 is 10.6 Å². The van der Waals surface area contributed by atoms with Crippen LogP contribution < -0.4 is 10.6 Å². The molecule has 0 aliphatic rings. The van der Waals surface area contributed by atoms with Gasteiger partial charge in [0.05, 0.1) is 6.54 Å². The summed E-state index contributed by atoms with van der Waals surface area (Å²) in [6, 6.07) is 6.46. The van der Waals surface area contributed by atoms with Gasteiger partial charge in [-0.25, -0.2) is 9.38 Å². The van der Waals surface area contributed by atoms with E-state index < -0.39 is 0 Å². The number of benzene rings is 1. The summed E-state index contributed by atoms with van der Waals surface area (Å²) in [4.78, 5) is 4.50. The van der Waals surface area contributed by atoms with Crippen LogP contribution in [-0.4, -0.2) is 31.1 Å². The number of thioether (sulfide) groups is 1. The second kappa shape index (κ2) is 10.5. The number of unbranched alkanes of at least 4 members (excludes halogenated alkanes) is 1. The Morgan fingerprint density at radius 3 is 2.60 bits per heavy atom. The minimum atomic E-state index is -0.212. The fraction of sp³-hybridized carbons (Fsp3) is 0.533.